The first-order valence-corrected chi connectivity index (χ1v) is 10.4. The number of hydrogen-bond donors (Lipinski definition) is 2. The van der Waals surface area contributed by atoms with Gasteiger partial charge in [-0.1, -0.05) is 13.0 Å². The lowest BCUT2D eigenvalue weighted by molar-refractivity contribution is -0.0325. The van der Waals surface area contributed by atoms with Crippen LogP contribution in [0.4, 0.5) is 0 Å². The van der Waals surface area contributed by atoms with Gasteiger partial charge in [-0.3, -0.25) is 4.98 Å². The fourth-order valence-corrected chi connectivity index (χ4v) is 6.74. The summed E-state index contributed by atoms with van der Waals surface area (Å²) in [7, 11) is 0. The molecule has 1 aromatic carbocycles. The third-order valence-electron chi connectivity index (χ3n) is 8.07. The van der Waals surface area contributed by atoms with Crippen molar-refractivity contribution in [3.05, 3.63) is 59.4 Å². The summed E-state index contributed by atoms with van der Waals surface area (Å²) in [4.78, 5) is 4.13. The molecule has 3 nitrogen and oxygen atoms in total. The van der Waals surface area contributed by atoms with E-state index in [2.05, 4.69) is 30.1 Å². The normalized spacial score (nSPS) is 37.3. The van der Waals surface area contributed by atoms with Crippen molar-refractivity contribution in [1.82, 2.24) is 4.98 Å². The quantitative estimate of drug-likeness (QED) is 0.827. The molecule has 2 saturated carbocycles. The van der Waals surface area contributed by atoms with Crippen LogP contribution in [-0.4, -0.2) is 21.3 Å². The summed E-state index contributed by atoms with van der Waals surface area (Å²) in [5.41, 5.74) is 4.13. The predicted molar refractivity (Wildman–Crippen MR) is 106 cm³/mol. The summed E-state index contributed by atoms with van der Waals surface area (Å²) in [5, 5.41) is 21.1. The highest BCUT2D eigenvalue weighted by Gasteiger charge is 2.57. The Labute approximate surface area is 161 Å². The van der Waals surface area contributed by atoms with Gasteiger partial charge in [-0.25, -0.2) is 0 Å². The molecule has 6 atom stereocenters. The number of nitrogens with zero attached hydrogens (tertiary/aromatic N) is 1. The highest BCUT2D eigenvalue weighted by Crippen LogP contribution is 2.62. The molecule has 2 aromatic rings. The zero-order valence-corrected chi connectivity index (χ0v) is 16.0. The second kappa shape index (κ2) is 6.34. The molecule has 3 heteroatoms. The molecule has 5 rings (SSSR count). The third-order valence-corrected chi connectivity index (χ3v) is 8.07. The number of benzene rings is 1. The van der Waals surface area contributed by atoms with E-state index < -0.39 is 0 Å². The van der Waals surface area contributed by atoms with Gasteiger partial charge in [0, 0.05) is 12.4 Å². The van der Waals surface area contributed by atoms with Gasteiger partial charge in [-0.05, 0) is 109 Å². The first kappa shape index (κ1) is 17.2. The number of phenols is 1. The molecule has 2 N–H and O–H groups in total. The largest absolute Gasteiger partial charge is 0.508 e. The van der Waals surface area contributed by atoms with Crippen molar-refractivity contribution in [1.29, 1.82) is 0 Å². The Balaban J connectivity index is 1.42. The van der Waals surface area contributed by atoms with E-state index in [4.69, 9.17) is 0 Å². The molecule has 1 aromatic heterocycles. The van der Waals surface area contributed by atoms with Crippen LogP contribution < -0.4 is 0 Å². The molecule has 0 spiro atoms. The maximum absolute atomic E-state index is 11.3. The van der Waals surface area contributed by atoms with E-state index in [1.54, 1.807) is 0 Å². The number of aliphatic hydroxyl groups excluding tert-OH is 1. The van der Waals surface area contributed by atoms with Crippen LogP contribution in [0.5, 0.6) is 5.75 Å². The Morgan fingerprint density at radius 3 is 2.78 bits per heavy atom. The Morgan fingerprint density at radius 1 is 1.15 bits per heavy atom. The van der Waals surface area contributed by atoms with Gasteiger partial charge in [0.1, 0.15) is 5.75 Å². The SMILES string of the molecule is C[C@]12CCC3c4ccc(O)cc4CCC3C1C[C@H](Cc1ccncc1)[C@@H]2O. The van der Waals surface area contributed by atoms with Crippen molar-refractivity contribution in [2.75, 3.05) is 0 Å². The molecule has 3 aliphatic rings. The highest BCUT2D eigenvalue weighted by atomic mass is 16.3. The summed E-state index contributed by atoms with van der Waals surface area (Å²) < 4.78 is 0. The lowest BCUT2D eigenvalue weighted by Gasteiger charge is -2.50. The molecule has 142 valence electrons. The monoisotopic (exact) mass is 363 g/mol. The molecule has 27 heavy (non-hydrogen) atoms. The number of aromatic nitrogens is 1. The smallest absolute Gasteiger partial charge is 0.115 e. The van der Waals surface area contributed by atoms with E-state index in [9.17, 15) is 10.2 Å². The van der Waals surface area contributed by atoms with Gasteiger partial charge in [0.05, 0.1) is 6.10 Å². The first-order valence-electron chi connectivity index (χ1n) is 10.4. The van der Waals surface area contributed by atoms with Gasteiger partial charge >= 0.3 is 0 Å². The van der Waals surface area contributed by atoms with Crippen LogP contribution in [0.2, 0.25) is 0 Å². The van der Waals surface area contributed by atoms with Gasteiger partial charge in [0.15, 0.2) is 0 Å². The summed E-state index contributed by atoms with van der Waals surface area (Å²) in [6.07, 6.45) is 10.1. The molecular formula is C24H29NO2. The molecule has 0 saturated heterocycles. The lowest BCUT2D eigenvalue weighted by Crippen LogP contribution is -2.44. The summed E-state index contributed by atoms with van der Waals surface area (Å²) >= 11 is 0. The maximum Gasteiger partial charge on any atom is 0.115 e. The average Bonchev–Trinajstić information content (AvgIpc) is 2.93. The maximum atomic E-state index is 11.3. The van der Waals surface area contributed by atoms with Crippen LogP contribution in [0.15, 0.2) is 42.7 Å². The second-order valence-electron chi connectivity index (χ2n) is 9.34. The average molecular weight is 364 g/mol. The highest BCUT2D eigenvalue weighted by molar-refractivity contribution is 5.40. The molecular weight excluding hydrogens is 334 g/mol. The van der Waals surface area contributed by atoms with Gasteiger partial charge in [0.2, 0.25) is 0 Å². The number of aliphatic hydroxyl groups is 1. The number of phenolic OH excluding ortho intramolecular Hbond substituents is 1. The Morgan fingerprint density at radius 2 is 1.96 bits per heavy atom. The number of aryl methyl sites for hydroxylation is 1. The number of hydrogen-bond acceptors (Lipinski definition) is 3. The van der Waals surface area contributed by atoms with Crippen LogP contribution in [-0.2, 0) is 12.8 Å². The van der Waals surface area contributed by atoms with Crippen molar-refractivity contribution in [3.63, 3.8) is 0 Å². The first-order chi connectivity index (χ1) is 13.1. The van der Waals surface area contributed by atoms with Crippen LogP contribution in [0.3, 0.4) is 0 Å². The zero-order valence-electron chi connectivity index (χ0n) is 16.0. The van der Waals surface area contributed by atoms with E-state index in [-0.39, 0.29) is 11.5 Å². The van der Waals surface area contributed by atoms with Gasteiger partial charge < -0.3 is 10.2 Å². The van der Waals surface area contributed by atoms with E-state index >= 15 is 0 Å². The molecule has 3 aliphatic carbocycles. The van der Waals surface area contributed by atoms with E-state index in [0.29, 0.717) is 29.4 Å². The Hall–Kier alpha value is -1.87. The fraction of sp³-hybridized carbons (Fsp3) is 0.542. The minimum Gasteiger partial charge on any atom is -0.508 e. The van der Waals surface area contributed by atoms with Crippen molar-refractivity contribution in [2.45, 2.75) is 57.5 Å². The standard InChI is InChI=1S/C24H29NO2/c1-24-9-6-20-19-5-3-18(26)13-16(19)2-4-21(20)22(24)14-17(23(24)27)12-15-7-10-25-11-8-15/h3,5,7-8,10-11,13,17,20-23,26-27H,2,4,6,9,12,14H2,1H3/t17-,20?,21?,22?,23-,24-/m0/s1. The van der Waals surface area contributed by atoms with E-state index in [1.165, 1.54) is 23.1 Å². The zero-order chi connectivity index (χ0) is 18.6. The summed E-state index contributed by atoms with van der Waals surface area (Å²) in [5.74, 6) is 2.60. The number of fused-ring (bicyclic) bond motifs is 5. The topological polar surface area (TPSA) is 53.4 Å². The van der Waals surface area contributed by atoms with Crippen LogP contribution >= 0.6 is 0 Å². The number of aromatic hydroxyl groups is 1. The van der Waals surface area contributed by atoms with E-state index in [1.807, 2.05) is 24.5 Å². The second-order valence-corrected chi connectivity index (χ2v) is 9.34. The summed E-state index contributed by atoms with van der Waals surface area (Å²) in [6, 6.07) is 10.1. The van der Waals surface area contributed by atoms with Crippen LogP contribution in [0.25, 0.3) is 0 Å². The number of pyridine rings is 1. The molecule has 3 unspecified atom stereocenters. The molecule has 2 fully saturated rings. The molecule has 0 radical (unpaired) electrons. The van der Waals surface area contributed by atoms with Crippen LogP contribution in [0.1, 0.15) is 55.2 Å². The minimum absolute atomic E-state index is 0.0489. The molecule has 0 aliphatic heterocycles. The van der Waals surface area contributed by atoms with Gasteiger partial charge in [-0.2, -0.15) is 0 Å². The Kier molecular flexibility index (Phi) is 4.05. The fourth-order valence-electron chi connectivity index (χ4n) is 6.74. The molecule has 1 heterocycles. The van der Waals surface area contributed by atoms with Gasteiger partial charge in [-0.15, -0.1) is 0 Å². The van der Waals surface area contributed by atoms with Gasteiger partial charge in [0.25, 0.3) is 0 Å². The predicted octanol–water partition coefficient (Wildman–Crippen LogP) is 4.47. The number of rotatable bonds is 2. The lowest BCUT2D eigenvalue weighted by atomic mass is 9.55. The molecule has 0 bridgehead atoms. The van der Waals surface area contributed by atoms with Crippen molar-refractivity contribution < 1.29 is 10.2 Å². The van der Waals surface area contributed by atoms with Crippen molar-refractivity contribution >= 4 is 0 Å². The third kappa shape index (κ3) is 2.70. The van der Waals surface area contributed by atoms with E-state index in [0.717, 1.165) is 32.1 Å². The minimum atomic E-state index is -0.210. The van der Waals surface area contributed by atoms with Crippen molar-refractivity contribution in [2.24, 2.45) is 23.2 Å². The van der Waals surface area contributed by atoms with Crippen LogP contribution in [0, 0.1) is 23.2 Å². The summed E-state index contributed by atoms with van der Waals surface area (Å²) in [6.45, 7) is 2.34. The Bertz CT molecular complexity index is 836. The molecule has 0 amide bonds. The van der Waals surface area contributed by atoms with Crippen molar-refractivity contribution in [3.8, 4) is 5.75 Å².